The molecule has 0 atom stereocenters. The van der Waals surface area contributed by atoms with Crippen LogP contribution in [0.5, 0.6) is 5.75 Å². The first-order valence-electron chi connectivity index (χ1n) is 6.70. The minimum absolute atomic E-state index is 0.111. The zero-order chi connectivity index (χ0) is 13.7. The summed E-state index contributed by atoms with van der Waals surface area (Å²) in [7, 11) is 0. The fraction of sp³-hybridized carbons (Fsp3) is 0.400. The number of aliphatic hydroxyl groups excluding tert-OH is 1. The first kappa shape index (κ1) is 13.6. The number of hydrogen-bond acceptors (Lipinski definition) is 3. The van der Waals surface area contributed by atoms with Gasteiger partial charge in [0.2, 0.25) is 0 Å². The van der Waals surface area contributed by atoms with Gasteiger partial charge in [-0.15, -0.1) is 0 Å². The summed E-state index contributed by atoms with van der Waals surface area (Å²) in [5.74, 6) is 0.247. The average Bonchev–Trinajstić information content (AvgIpc) is 2.87. The van der Waals surface area contributed by atoms with E-state index in [0.29, 0.717) is 6.42 Å². The van der Waals surface area contributed by atoms with Gasteiger partial charge in [-0.25, -0.2) is 0 Å². The van der Waals surface area contributed by atoms with Crippen molar-refractivity contribution in [3.8, 4) is 16.9 Å². The Morgan fingerprint density at radius 3 is 2.89 bits per heavy atom. The first-order chi connectivity index (χ1) is 9.24. The van der Waals surface area contributed by atoms with Crippen LogP contribution in [0.3, 0.4) is 0 Å². The monoisotopic (exact) mass is 260 g/mol. The van der Waals surface area contributed by atoms with E-state index in [1.807, 2.05) is 23.0 Å². The SMILES string of the molecule is CCCCn1cc(-c2cc(CCO)ccc2O)cn1. The third kappa shape index (κ3) is 3.35. The Bertz CT molecular complexity index is 535. The molecule has 0 aliphatic heterocycles. The number of unbranched alkanes of at least 4 members (excludes halogenated alkanes) is 1. The molecule has 0 bridgehead atoms. The molecule has 0 spiro atoms. The summed E-state index contributed by atoms with van der Waals surface area (Å²) in [6.07, 6.45) is 6.54. The van der Waals surface area contributed by atoms with Gasteiger partial charge in [-0.3, -0.25) is 4.68 Å². The fourth-order valence-corrected chi connectivity index (χ4v) is 2.04. The number of aromatic hydroxyl groups is 1. The number of benzene rings is 1. The largest absolute Gasteiger partial charge is 0.507 e. The normalized spacial score (nSPS) is 10.8. The van der Waals surface area contributed by atoms with Crippen molar-refractivity contribution in [2.45, 2.75) is 32.7 Å². The van der Waals surface area contributed by atoms with Crippen LogP contribution in [0.1, 0.15) is 25.3 Å². The van der Waals surface area contributed by atoms with Crippen molar-refractivity contribution in [3.05, 3.63) is 36.2 Å². The van der Waals surface area contributed by atoms with Gasteiger partial charge < -0.3 is 10.2 Å². The van der Waals surface area contributed by atoms with Gasteiger partial charge >= 0.3 is 0 Å². The molecule has 2 aromatic rings. The van der Waals surface area contributed by atoms with Crippen molar-refractivity contribution in [1.82, 2.24) is 9.78 Å². The minimum Gasteiger partial charge on any atom is -0.507 e. The summed E-state index contributed by atoms with van der Waals surface area (Å²) in [6, 6.07) is 5.41. The van der Waals surface area contributed by atoms with Gasteiger partial charge in [0.05, 0.1) is 6.20 Å². The topological polar surface area (TPSA) is 58.3 Å². The van der Waals surface area contributed by atoms with Crippen LogP contribution in [0, 0.1) is 0 Å². The molecule has 4 heteroatoms. The molecule has 1 heterocycles. The average molecular weight is 260 g/mol. The Kier molecular flexibility index (Phi) is 4.58. The van der Waals surface area contributed by atoms with E-state index >= 15 is 0 Å². The molecule has 19 heavy (non-hydrogen) atoms. The molecular formula is C15H20N2O2. The van der Waals surface area contributed by atoms with Gasteiger partial charge in [-0.2, -0.15) is 5.10 Å². The number of rotatable bonds is 6. The second-order valence-electron chi connectivity index (χ2n) is 4.67. The lowest BCUT2D eigenvalue weighted by Gasteiger charge is -2.05. The minimum atomic E-state index is 0.111. The van der Waals surface area contributed by atoms with Crippen molar-refractivity contribution in [1.29, 1.82) is 0 Å². The van der Waals surface area contributed by atoms with E-state index in [1.54, 1.807) is 12.3 Å². The third-order valence-corrected chi connectivity index (χ3v) is 3.15. The highest BCUT2D eigenvalue weighted by Gasteiger charge is 2.08. The Hall–Kier alpha value is -1.81. The van der Waals surface area contributed by atoms with E-state index in [2.05, 4.69) is 12.0 Å². The molecule has 4 nitrogen and oxygen atoms in total. The zero-order valence-corrected chi connectivity index (χ0v) is 11.2. The fourth-order valence-electron chi connectivity index (χ4n) is 2.04. The van der Waals surface area contributed by atoms with Crippen molar-refractivity contribution < 1.29 is 10.2 Å². The molecule has 1 aromatic carbocycles. The molecule has 0 saturated heterocycles. The number of aliphatic hydroxyl groups is 1. The zero-order valence-electron chi connectivity index (χ0n) is 11.2. The van der Waals surface area contributed by atoms with E-state index in [-0.39, 0.29) is 12.4 Å². The lowest BCUT2D eigenvalue weighted by Crippen LogP contribution is -1.96. The molecular weight excluding hydrogens is 240 g/mol. The van der Waals surface area contributed by atoms with E-state index in [0.717, 1.165) is 36.1 Å². The van der Waals surface area contributed by atoms with E-state index in [4.69, 9.17) is 5.11 Å². The van der Waals surface area contributed by atoms with Crippen molar-refractivity contribution in [2.75, 3.05) is 6.61 Å². The summed E-state index contributed by atoms with van der Waals surface area (Å²) in [4.78, 5) is 0. The maximum absolute atomic E-state index is 9.94. The maximum Gasteiger partial charge on any atom is 0.123 e. The Morgan fingerprint density at radius 1 is 1.32 bits per heavy atom. The summed E-state index contributed by atoms with van der Waals surface area (Å²) in [5.41, 5.74) is 2.69. The predicted octanol–water partition coefficient (Wildman–Crippen LogP) is 2.59. The van der Waals surface area contributed by atoms with Crippen LogP contribution in [0.25, 0.3) is 11.1 Å². The molecule has 0 fully saturated rings. The number of nitrogens with zero attached hydrogens (tertiary/aromatic N) is 2. The van der Waals surface area contributed by atoms with Crippen molar-refractivity contribution in [2.24, 2.45) is 0 Å². The van der Waals surface area contributed by atoms with Crippen LogP contribution >= 0.6 is 0 Å². The number of phenolic OH excluding ortho intramolecular Hbond substituents is 1. The second-order valence-corrected chi connectivity index (χ2v) is 4.67. The van der Waals surface area contributed by atoms with Crippen molar-refractivity contribution in [3.63, 3.8) is 0 Å². The molecule has 0 unspecified atom stereocenters. The Morgan fingerprint density at radius 2 is 2.16 bits per heavy atom. The number of aryl methyl sites for hydroxylation is 1. The molecule has 2 N–H and O–H groups in total. The van der Waals surface area contributed by atoms with Gasteiger partial charge in [0.25, 0.3) is 0 Å². The molecule has 0 amide bonds. The van der Waals surface area contributed by atoms with Crippen LogP contribution in [0.15, 0.2) is 30.6 Å². The second kappa shape index (κ2) is 6.38. The summed E-state index contributed by atoms with van der Waals surface area (Å²) in [5, 5.41) is 23.2. The molecule has 1 aromatic heterocycles. The Balaban J connectivity index is 2.24. The lowest BCUT2D eigenvalue weighted by atomic mass is 10.0. The van der Waals surface area contributed by atoms with Crippen LogP contribution in [0.2, 0.25) is 0 Å². The van der Waals surface area contributed by atoms with Gasteiger partial charge in [-0.1, -0.05) is 19.4 Å². The maximum atomic E-state index is 9.94. The van der Waals surface area contributed by atoms with Gasteiger partial charge in [0, 0.05) is 30.5 Å². The third-order valence-electron chi connectivity index (χ3n) is 3.15. The van der Waals surface area contributed by atoms with Gasteiger partial charge in [0.1, 0.15) is 5.75 Å². The van der Waals surface area contributed by atoms with E-state index in [1.165, 1.54) is 0 Å². The molecule has 102 valence electrons. The van der Waals surface area contributed by atoms with Gasteiger partial charge in [0.15, 0.2) is 0 Å². The van der Waals surface area contributed by atoms with E-state index < -0.39 is 0 Å². The van der Waals surface area contributed by atoms with Crippen molar-refractivity contribution >= 4 is 0 Å². The first-order valence-corrected chi connectivity index (χ1v) is 6.70. The molecule has 0 radical (unpaired) electrons. The van der Waals surface area contributed by atoms with Crippen LogP contribution in [0.4, 0.5) is 0 Å². The molecule has 0 saturated carbocycles. The highest BCUT2D eigenvalue weighted by molar-refractivity contribution is 5.69. The number of hydrogen-bond donors (Lipinski definition) is 2. The predicted molar refractivity (Wildman–Crippen MR) is 75.0 cm³/mol. The summed E-state index contributed by atoms with van der Waals surface area (Å²) in [6.45, 7) is 3.15. The summed E-state index contributed by atoms with van der Waals surface area (Å²) < 4.78 is 1.90. The number of aromatic nitrogens is 2. The highest BCUT2D eigenvalue weighted by Crippen LogP contribution is 2.29. The van der Waals surface area contributed by atoms with Crippen LogP contribution in [-0.4, -0.2) is 26.6 Å². The van der Waals surface area contributed by atoms with E-state index in [9.17, 15) is 5.11 Å². The Labute approximate surface area is 113 Å². The molecule has 2 rings (SSSR count). The van der Waals surface area contributed by atoms with Gasteiger partial charge in [-0.05, 0) is 30.5 Å². The van der Waals surface area contributed by atoms with Crippen LogP contribution in [-0.2, 0) is 13.0 Å². The van der Waals surface area contributed by atoms with Crippen LogP contribution < -0.4 is 0 Å². The number of phenols is 1. The highest BCUT2D eigenvalue weighted by atomic mass is 16.3. The molecule has 0 aliphatic carbocycles. The molecule has 0 aliphatic rings. The summed E-state index contributed by atoms with van der Waals surface area (Å²) >= 11 is 0. The lowest BCUT2D eigenvalue weighted by molar-refractivity contribution is 0.299. The quantitative estimate of drug-likeness (QED) is 0.839. The smallest absolute Gasteiger partial charge is 0.123 e. The standard InChI is InChI=1S/C15H20N2O2/c1-2-3-7-17-11-13(10-16-17)14-9-12(6-8-18)4-5-15(14)19/h4-5,9-11,18-19H,2-3,6-8H2,1H3.